The maximum atomic E-state index is 12.8. The minimum Gasteiger partial charge on any atom is -0.497 e. The third-order valence-electron chi connectivity index (χ3n) is 7.83. The van der Waals surface area contributed by atoms with Gasteiger partial charge in [0.05, 0.1) is 30.2 Å². The lowest BCUT2D eigenvalue weighted by molar-refractivity contribution is -0.132. The molecule has 1 saturated carbocycles. The fraction of sp³-hybridized carbons (Fsp3) is 0.640. The molecule has 3 fully saturated rings. The van der Waals surface area contributed by atoms with E-state index in [-0.39, 0.29) is 41.7 Å². The number of imidazole rings is 1. The lowest BCUT2D eigenvalue weighted by Gasteiger charge is -2.40. The van der Waals surface area contributed by atoms with Gasteiger partial charge in [0.1, 0.15) is 5.75 Å². The average molecular weight is 470 g/mol. The number of fused-ring (bicyclic) bond motifs is 2. The predicted octanol–water partition coefficient (Wildman–Crippen LogP) is 2.28. The van der Waals surface area contributed by atoms with Crippen LogP contribution < -0.4 is 21.1 Å². The van der Waals surface area contributed by atoms with Gasteiger partial charge in [-0.3, -0.25) is 19.5 Å². The van der Waals surface area contributed by atoms with Crippen molar-refractivity contribution in [2.75, 3.05) is 20.2 Å². The fourth-order valence-electron chi connectivity index (χ4n) is 5.96. The summed E-state index contributed by atoms with van der Waals surface area (Å²) in [5, 5.41) is 6.69. The zero-order valence-corrected chi connectivity index (χ0v) is 19.8. The standard InChI is InChI=1S/C25H35N5O4/c1-34-17-9-10-20-21(15-17)30(25(33)27-20)16-11-13-29(14-12-16)23(31)8-4-7-22-26-19-6-3-2-5-18(19)24(32)28-22/h9-10,15-16,18-19,22,26H,2-8,11-14H2,1H3,(H,27,33)(H,28,32). The van der Waals surface area contributed by atoms with Crippen LogP contribution in [0.4, 0.5) is 0 Å². The number of carbonyl (C=O) groups excluding carboxylic acids is 2. The van der Waals surface area contributed by atoms with E-state index >= 15 is 0 Å². The number of nitrogens with zero attached hydrogens (tertiary/aromatic N) is 2. The van der Waals surface area contributed by atoms with Gasteiger partial charge in [0, 0.05) is 37.7 Å². The molecule has 1 aromatic heterocycles. The summed E-state index contributed by atoms with van der Waals surface area (Å²) in [5.74, 6) is 1.16. The molecular weight excluding hydrogens is 434 g/mol. The molecule has 3 aliphatic rings. The first-order valence-corrected chi connectivity index (χ1v) is 12.7. The maximum absolute atomic E-state index is 12.8. The molecule has 9 nitrogen and oxygen atoms in total. The zero-order chi connectivity index (χ0) is 23.7. The van der Waals surface area contributed by atoms with Crippen LogP contribution in [0.5, 0.6) is 5.75 Å². The molecular formula is C25H35N5O4. The SMILES string of the molecule is COc1ccc2[nH]c(=O)n(C3CCN(C(=O)CCCC4NC(=O)C5CCCCC5N4)CC3)c2c1. The van der Waals surface area contributed by atoms with Crippen molar-refractivity contribution in [1.29, 1.82) is 0 Å². The quantitative estimate of drug-likeness (QED) is 0.602. The number of rotatable bonds is 6. The highest BCUT2D eigenvalue weighted by atomic mass is 16.5. The largest absolute Gasteiger partial charge is 0.497 e. The number of nitrogens with one attached hydrogen (secondary N) is 3. The molecule has 3 unspecified atom stereocenters. The Bertz CT molecular complexity index is 1100. The van der Waals surface area contributed by atoms with Crippen LogP contribution in [0.2, 0.25) is 0 Å². The minimum absolute atomic E-state index is 0.0314. The van der Waals surface area contributed by atoms with Crippen LogP contribution in [0.25, 0.3) is 11.0 Å². The number of ether oxygens (including phenoxy) is 1. The van der Waals surface area contributed by atoms with Crippen LogP contribution in [-0.4, -0.2) is 58.7 Å². The molecule has 0 radical (unpaired) electrons. The first-order chi connectivity index (χ1) is 16.5. The Morgan fingerprint density at radius 1 is 1.12 bits per heavy atom. The van der Waals surface area contributed by atoms with E-state index in [0.717, 1.165) is 61.7 Å². The Morgan fingerprint density at radius 3 is 2.71 bits per heavy atom. The molecule has 2 amide bonds. The highest BCUT2D eigenvalue weighted by Gasteiger charge is 2.37. The Morgan fingerprint density at radius 2 is 1.91 bits per heavy atom. The summed E-state index contributed by atoms with van der Waals surface area (Å²) in [4.78, 5) is 42.7. The molecule has 3 N–H and O–H groups in total. The number of aromatic amines is 1. The van der Waals surface area contributed by atoms with Crippen molar-refractivity contribution in [3.63, 3.8) is 0 Å². The highest BCUT2D eigenvalue weighted by Crippen LogP contribution is 2.29. The topological polar surface area (TPSA) is 108 Å². The number of piperidine rings is 1. The number of likely N-dealkylation sites (tertiary alicyclic amines) is 1. The summed E-state index contributed by atoms with van der Waals surface area (Å²) in [6.45, 7) is 1.30. The fourth-order valence-corrected chi connectivity index (χ4v) is 5.96. The van der Waals surface area contributed by atoms with E-state index in [2.05, 4.69) is 15.6 Å². The minimum atomic E-state index is -0.115. The lowest BCUT2D eigenvalue weighted by atomic mass is 9.82. The molecule has 3 atom stereocenters. The van der Waals surface area contributed by atoms with E-state index in [1.54, 1.807) is 7.11 Å². The Kier molecular flexibility index (Phi) is 6.63. The molecule has 9 heteroatoms. The molecule has 5 rings (SSSR count). The Labute approximate surface area is 199 Å². The summed E-state index contributed by atoms with van der Waals surface area (Å²) < 4.78 is 7.14. The third kappa shape index (κ3) is 4.58. The second-order valence-corrected chi connectivity index (χ2v) is 9.91. The molecule has 2 saturated heterocycles. The van der Waals surface area contributed by atoms with Gasteiger partial charge in [-0.05, 0) is 50.7 Å². The number of benzene rings is 1. The monoisotopic (exact) mass is 469 g/mol. The van der Waals surface area contributed by atoms with Crippen molar-refractivity contribution in [2.24, 2.45) is 5.92 Å². The van der Waals surface area contributed by atoms with Crippen molar-refractivity contribution < 1.29 is 14.3 Å². The van der Waals surface area contributed by atoms with E-state index in [9.17, 15) is 14.4 Å². The molecule has 3 heterocycles. The van der Waals surface area contributed by atoms with Crippen LogP contribution in [0.15, 0.2) is 23.0 Å². The van der Waals surface area contributed by atoms with Gasteiger partial charge in [0.15, 0.2) is 0 Å². The van der Waals surface area contributed by atoms with Gasteiger partial charge in [-0.2, -0.15) is 0 Å². The van der Waals surface area contributed by atoms with Gasteiger partial charge in [0.25, 0.3) is 0 Å². The van der Waals surface area contributed by atoms with Crippen molar-refractivity contribution in [1.82, 2.24) is 25.1 Å². The van der Waals surface area contributed by atoms with E-state index in [4.69, 9.17) is 4.74 Å². The predicted molar refractivity (Wildman–Crippen MR) is 129 cm³/mol. The summed E-state index contributed by atoms with van der Waals surface area (Å²) in [6, 6.07) is 5.94. The molecule has 2 aromatic rings. The number of hydrogen-bond donors (Lipinski definition) is 3. The van der Waals surface area contributed by atoms with Crippen molar-refractivity contribution in [3.05, 3.63) is 28.7 Å². The van der Waals surface area contributed by atoms with Crippen molar-refractivity contribution >= 4 is 22.8 Å². The summed E-state index contributed by atoms with van der Waals surface area (Å²) >= 11 is 0. The molecule has 1 aliphatic carbocycles. The normalized spacial score (nSPS) is 25.7. The lowest BCUT2D eigenvalue weighted by Crippen LogP contribution is -2.62. The van der Waals surface area contributed by atoms with E-state index in [0.29, 0.717) is 19.5 Å². The van der Waals surface area contributed by atoms with E-state index < -0.39 is 0 Å². The van der Waals surface area contributed by atoms with Crippen LogP contribution in [0.3, 0.4) is 0 Å². The Balaban J connectivity index is 1.11. The van der Waals surface area contributed by atoms with Gasteiger partial charge >= 0.3 is 5.69 Å². The van der Waals surface area contributed by atoms with Gasteiger partial charge in [0.2, 0.25) is 11.8 Å². The number of amides is 2. The molecule has 184 valence electrons. The third-order valence-corrected chi connectivity index (χ3v) is 7.83. The summed E-state index contributed by atoms with van der Waals surface area (Å²) in [5.41, 5.74) is 1.53. The summed E-state index contributed by atoms with van der Waals surface area (Å²) in [7, 11) is 1.62. The average Bonchev–Trinajstić information content (AvgIpc) is 3.19. The van der Waals surface area contributed by atoms with Crippen molar-refractivity contribution in [2.45, 2.75) is 76.0 Å². The summed E-state index contributed by atoms with van der Waals surface area (Å²) in [6.07, 6.45) is 7.82. The Hall–Kier alpha value is -2.81. The molecule has 34 heavy (non-hydrogen) atoms. The number of H-pyrrole nitrogens is 1. The number of carbonyl (C=O) groups is 2. The maximum Gasteiger partial charge on any atom is 0.326 e. The van der Waals surface area contributed by atoms with E-state index in [1.807, 2.05) is 27.7 Å². The number of methoxy groups -OCH3 is 1. The van der Waals surface area contributed by atoms with Gasteiger partial charge in [-0.25, -0.2) is 4.79 Å². The van der Waals surface area contributed by atoms with Gasteiger partial charge in [-0.1, -0.05) is 12.8 Å². The smallest absolute Gasteiger partial charge is 0.326 e. The van der Waals surface area contributed by atoms with Gasteiger partial charge in [-0.15, -0.1) is 0 Å². The number of aromatic nitrogens is 2. The molecule has 2 aliphatic heterocycles. The van der Waals surface area contributed by atoms with Crippen LogP contribution in [-0.2, 0) is 9.59 Å². The van der Waals surface area contributed by atoms with Crippen LogP contribution in [0.1, 0.15) is 63.8 Å². The zero-order valence-electron chi connectivity index (χ0n) is 19.8. The van der Waals surface area contributed by atoms with Crippen molar-refractivity contribution in [3.8, 4) is 5.75 Å². The molecule has 0 spiro atoms. The first kappa shape index (κ1) is 23.0. The van der Waals surface area contributed by atoms with E-state index in [1.165, 1.54) is 6.42 Å². The molecule has 1 aromatic carbocycles. The first-order valence-electron chi connectivity index (χ1n) is 12.7. The van der Waals surface area contributed by atoms with Gasteiger partial charge < -0.3 is 19.9 Å². The second-order valence-electron chi connectivity index (χ2n) is 9.91. The highest BCUT2D eigenvalue weighted by molar-refractivity contribution is 5.81. The van der Waals surface area contributed by atoms with Crippen LogP contribution >= 0.6 is 0 Å². The van der Waals surface area contributed by atoms with Crippen LogP contribution in [0, 0.1) is 5.92 Å². The molecule has 0 bridgehead atoms. The second kappa shape index (κ2) is 9.82. The number of hydrogen-bond acceptors (Lipinski definition) is 5.